The van der Waals surface area contributed by atoms with Gasteiger partial charge in [0.15, 0.2) is 16.5 Å². The third-order valence-corrected chi connectivity index (χ3v) is 7.41. The van der Waals surface area contributed by atoms with Gasteiger partial charge in [-0.2, -0.15) is 10.2 Å². The molecule has 36 heavy (non-hydrogen) atoms. The summed E-state index contributed by atoms with van der Waals surface area (Å²) in [6, 6.07) is 14.9. The average molecular weight is 540 g/mol. The molecule has 1 saturated heterocycles. The zero-order valence-corrected chi connectivity index (χ0v) is 21.8. The van der Waals surface area contributed by atoms with Crippen molar-refractivity contribution in [3.8, 4) is 23.3 Å². The van der Waals surface area contributed by atoms with Gasteiger partial charge in [0.2, 0.25) is 0 Å². The minimum atomic E-state index is 0.286. The SMILES string of the molecule is CN1CCCC(COc2ccc(Nc3nc4ncc(C#N)c(Oc5ccc(Cl)cc5Cl)c4s3)cc2)C1. The molecule has 1 fully saturated rings. The van der Waals surface area contributed by atoms with Gasteiger partial charge in [0.1, 0.15) is 27.8 Å². The lowest BCUT2D eigenvalue weighted by atomic mass is 10.00. The van der Waals surface area contributed by atoms with Crippen molar-refractivity contribution in [3.63, 3.8) is 0 Å². The van der Waals surface area contributed by atoms with Crippen LogP contribution in [0, 0.1) is 17.2 Å². The second-order valence-electron chi connectivity index (χ2n) is 8.69. The molecule has 1 N–H and O–H groups in total. The molecule has 1 unspecified atom stereocenters. The molecule has 0 bridgehead atoms. The molecule has 4 aromatic rings. The van der Waals surface area contributed by atoms with Crippen LogP contribution in [-0.2, 0) is 0 Å². The number of benzene rings is 2. The fraction of sp³-hybridized carbons (Fsp3) is 0.269. The predicted molar refractivity (Wildman–Crippen MR) is 144 cm³/mol. The van der Waals surface area contributed by atoms with Crippen molar-refractivity contribution in [1.29, 1.82) is 5.26 Å². The van der Waals surface area contributed by atoms with Gasteiger partial charge < -0.3 is 19.7 Å². The summed E-state index contributed by atoms with van der Waals surface area (Å²) >= 11 is 13.6. The number of pyridine rings is 1. The number of ether oxygens (including phenoxy) is 2. The number of fused-ring (bicyclic) bond motifs is 1. The Balaban J connectivity index is 1.31. The van der Waals surface area contributed by atoms with Crippen molar-refractivity contribution in [3.05, 3.63) is 64.3 Å². The molecule has 1 atom stereocenters. The van der Waals surface area contributed by atoms with Gasteiger partial charge in [-0.25, -0.2) is 4.98 Å². The zero-order chi connectivity index (χ0) is 25.1. The van der Waals surface area contributed by atoms with Crippen LogP contribution in [-0.4, -0.2) is 41.6 Å². The monoisotopic (exact) mass is 539 g/mol. The van der Waals surface area contributed by atoms with E-state index in [9.17, 15) is 5.26 Å². The van der Waals surface area contributed by atoms with Gasteiger partial charge in [0.25, 0.3) is 0 Å². The Morgan fingerprint density at radius 1 is 1.22 bits per heavy atom. The highest BCUT2D eigenvalue weighted by atomic mass is 35.5. The topological polar surface area (TPSA) is 83.3 Å². The normalized spacial score (nSPS) is 16.0. The fourth-order valence-electron chi connectivity index (χ4n) is 4.14. The smallest absolute Gasteiger partial charge is 0.189 e. The van der Waals surface area contributed by atoms with Crippen molar-refractivity contribution in [1.82, 2.24) is 14.9 Å². The molecule has 3 heterocycles. The minimum absolute atomic E-state index is 0.286. The van der Waals surface area contributed by atoms with Crippen LogP contribution in [0.1, 0.15) is 18.4 Å². The molecule has 1 aliphatic rings. The third-order valence-electron chi connectivity index (χ3n) is 5.92. The Kier molecular flexibility index (Phi) is 7.44. The number of hydrogen-bond acceptors (Lipinski definition) is 8. The average Bonchev–Trinajstić information content (AvgIpc) is 3.28. The van der Waals surface area contributed by atoms with Gasteiger partial charge in [0, 0.05) is 23.2 Å². The number of thiazole rings is 1. The van der Waals surface area contributed by atoms with Crippen LogP contribution < -0.4 is 14.8 Å². The van der Waals surface area contributed by atoms with Gasteiger partial charge in [0.05, 0.1) is 17.8 Å². The van der Waals surface area contributed by atoms with Crippen molar-refractivity contribution in [2.24, 2.45) is 5.92 Å². The van der Waals surface area contributed by atoms with E-state index in [0.29, 0.717) is 42.9 Å². The van der Waals surface area contributed by atoms with Gasteiger partial charge >= 0.3 is 0 Å². The first-order chi connectivity index (χ1) is 17.5. The molecule has 2 aromatic heterocycles. The van der Waals surface area contributed by atoms with E-state index in [4.69, 9.17) is 32.7 Å². The van der Waals surface area contributed by atoms with Crippen molar-refractivity contribution >= 4 is 55.7 Å². The first-order valence-electron chi connectivity index (χ1n) is 11.5. The van der Waals surface area contributed by atoms with Gasteiger partial charge in [-0.15, -0.1) is 0 Å². The van der Waals surface area contributed by atoms with Gasteiger partial charge in [-0.3, -0.25) is 0 Å². The highest BCUT2D eigenvalue weighted by molar-refractivity contribution is 7.22. The van der Waals surface area contributed by atoms with Crippen LogP contribution in [0.4, 0.5) is 10.8 Å². The molecule has 0 aliphatic carbocycles. The fourth-order valence-corrected chi connectivity index (χ4v) is 5.51. The molecular weight excluding hydrogens is 517 g/mol. The van der Waals surface area contributed by atoms with Crippen molar-refractivity contribution in [2.75, 3.05) is 32.1 Å². The van der Waals surface area contributed by atoms with Gasteiger partial charge in [-0.1, -0.05) is 34.5 Å². The van der Waals surface area contributed by atoms with E-state index in [1.165, 1.54) is 36.9 Å². The molecule has 0 radical (unpaired) electrons. The number of nitriles is 1. The van der Waals surface area contributed by atoms with E-state index in [2.05, 4.69) is 33.3 Å². The maximum Gasteiger partial charge on any atom is 0.189 e. The van der Waals surface area contributed by atoms with E-state index in [1.807, 2.05) is 24.3 Å². The summed E-state index contributed by atoms with van der Waals surface area (Å²) in [5.41, 5.74) is 1.62. The number of nitrogens with one attached hydrogen (secondary N) is 1. The van der Waals surface area contributed by atoms with E-state index in [1.54, 1.807) is 18.2 Å². The van der Waals surface area contributed by atoms with E-state index >= 15 is 0 Å². The van der Waals surface area contributed by atoms with E-state index in [-0.39, 0.29) is 5.56 Å². The molecule has 0 spiro atoms. The number of piperidine rings is 1. The summed E-state index contributed by atoms with van der Waals surface area (Å²) in [5, 5.41) is 14.4. The summed E-state index contributed by atoms with van der Waals surface area (Å²) < 4.78 is 12.7. The third kappa shape index (κ3) is 5.66. The van der Waals surface area contributed by atoms with Crippen LogP contribution in [0.3, 0.4) is 0 Å². The summed E-state index contributed by atoms with van der Waals surface area (Å²) in [7, 11) is 2.16. The second-order valence-corrected chi connectivity index (χ2v) is 10.5. The summed E-state index contributed by atoms with van der Waals surface area (Å²) in [6.45, 7) is 2.97. The maximum absolute atomic E-state index is 9.61. The molecule has 10 heteroatoms. The number of hydrogen-bond donors (Lipinski definition) is 1. The van der Waals surface area contributed by atoms with Crippen LogP contribution in [0.5, 0.6) is 17.2 Å². The number of likely N-dealkylation sites (tertiary alicyclic amines) is 1. The zero-order valence-electron chi connectivity index (χ0n) is 19.5. The molecule has 5 rings (SSSR count). The lowest BCUT2D eigenvalue weighted by Gasteiger charge is -2.29. The van der Waals surface area contributed by atoms with Crippen LogP contribution in [0.15, 0.2) is 48.7 Å². The molecule has 184 valence electrons. The second kappa shape index (κ2) is 10.9. The Hall–Kier alpha value is -3.09. The first-order valence-corrected chi connectivity index (χ1v) is 13.1. The standard InChI is InChI=1S/C26H23Cl2N5O2S/c1-33-10-2-3-16(14-33)15-34-20-7-5-19(6-8-20)31-26-32-25-24(36-26)23(17(12-29)13-30-25)35-22-9-4-18(27)11-21(22)28/h4-9,11,13,16H,2-3,10,14-15H2,1H3,(H,30,31,32). The molecule has 2 aromatic carbocycles. The quantitative estimate of drug-likeness (QED) is 0.267. The van der Waals surface area contributed by atoms with Crippen LogP contribution in [0.25, 0.3) is 10.3 Å². The van der Waals surface area contributed by atoms with E-state index in [0.717, 1.165) is 24.6 Å². The number of rotatable bonds is 7. The summed E-state index contributed by atoms with van der Waals surface area (Å²) in [5.74, 6) is 2.15. The highest BCUT2D eigenvalue weighted by Crippen LogP contribution is 2.40. The number of anilines is 2. The molecule has 0 saturated carbocycles. The first kappa shape index (κ1) is 24.6. The Morgan fingerprint density at radius 3 is 2.81 bits per heavy atom. The lowest BCUT2D eigenvalue weighted by molar-refractivity contribution is 0.150. The Morgan fingerprint density at radius 2 is 2.06 bits per heavy atom. The predicted octanol–water partition coefficient (Wildman–Crippen LogP) is 7.13. The number of aromatic nitrogens is 2. The van der Waals surface area contributed by atoms with Crippen LogP contribution in [0.2, 0.25) is 10.0 Å². The number of nitrogens with zero attached hydrogens (tertiary/aromatic N) is 4. The maximum atomic E-state index is 9.61. The molecule has 1 aliphatic heterocycles. The molecule has 0 amide bonds. The van der Waals surface area contributed by atoms with Crippen LogP contribution >= 0.6 is 34.5 Å². The largest absolute Gasteiger partial charge is 0.493 e. The van der Waals surface area contributed by atoms with Crippen molar-refractivity contribution < 1.29 is 9.47 Å². The number of halogens is 2. The minimum Gasteiger partial charge on any atom is -0.493 e. The molecule has 7 nitrogen and oxygen atoms in total. The van der Waals surface area contributed by atoms with Gasteiger partial charge in [-0.05, 0) is 68.9 Å². The van der Waals surface area contributed by atoms with Crippen molar-refractivity contribution in [2.45, 2.75) is 12.8 Å². The summed E-state index contributed by atoms with van der Waals surface area (Å²) in [6.07, 6.45) is 3.88. The highest BCUT2D eigenvalue weighted by Gasteiger charge is 2.19. The molecular formula is C26H23Cl2N5O2S. The summed E-state index contributed by atoms with van der Waals surface area (Å²) in [4.78, 5) is 11.2. The van der Waals surface area contributed by atoms with E-state index < -0.39 is 0 Å². The lowest BCUT2D eigenvalue weighted by Crippen LogP contribution is -2.34. The Labute approximate surface area is 223 Å². The Bertz CT molecular complexity index is 1420.